The minimum Gasteiger partial charge on any atom is -0.508 e. The van der Waals surface area contributed by atoms with Gasteiger partial charge in [0.2, 0.25) is 0 Å². The zero-order valence-electron chi connectivity index (χ0n) is 12.3. The lowest BCUT2D eigenvalue weighted by Crippen LogP contribution is -2.36. The molecule has 3 nitrogen and oxygen atoms in total. The van der Waals surface area contributed by atoms with Crippen LogP contribution in [0.15, 0.2) is 66.7 Å². The van der Waals surface area contributed by atoms with Crippen LogP contribution in [-0.2, 0) is 0 Å². The third-order valence-electron chi connectivity index (χ3n) is 4.48. The van der Waals surface area contributed by atoms with Crippen molar-refractivity contribution in [1.82, 2.24) is 0 Å². The first-order valence-electron chi connectivity index (χ1n) is 7.51. The van der Waals surface area contributed by atoms with Crippen molar-refractivity contribution in [1.29, 1.82) is 0 Å². The van der Waals surface area contributed by atoms with Crippen LogP contribution >= 0.6 is 0 Å². The molecule has 0 spiro atoms. The average Bonchev–Trinajstić information content (AvgIpc) is 2.56. The Bertz CT molecular complexity index is 925. The van der Waals surface area contributed by atoms with Crippen LogP contribution in [0.3, 0.4) is 0 Å². The Labute approximate surface area is 133 Å². The van der Waals surface area contributed by atoms with E-state index in [9.17, 15) is 15.3 Å². The molecule has 0 fully saturated rings. The molecule has 1 unspecified atom stereocenters. The van der Waals surface area contributed by atoms with Crippen LogP contribution in [0.5, 0.6) is 5.75 Å². The van der Waals surface area contributed by atoms with Gasteiger partial charge in [-0.05, 0) is 34.0 Å². The molecule has 0 saturated carbocycles. The molecule has 0 heterocycles. The molecule has 1 aliphatic rings. The zero-order valence-corrected chi connectivity index (χ0v) is 12.3. The lowest BCUT2D eigenvalue weighted by atomic mass is 9.76. The quantitative estimate of drug-likeness (QED) is 0.604. The number of rotatable bonds is 1. The van der Waals surface area contributed by atoms with Gasteiger partial charge in [0.25, 0.3) is 0 Å². The van der Waals surface area contributed by atoms with Gasteiger partial charge < -0.3 is 15.3 Å². The number of hydrogen-bond donors (Lipinski definition) is 3. The molecule has 0 bridgehead atoms. The normalized spacial score (nSPS) is 18.8. The maximum Gasteiger partial charge on any atom is 0.194 e. The third-order valence-corrected chi connectivity index (χ3v) is 4.48. The molecule has 3 heteroatoms. The molecule has 0 saturated heterocycles. The van der Waals surface area contributed by atoms with Crippen LogP contribution < -0.4 is 0 Å². The SMILES string of the molecule is Oc1ccc2ccccc2c1C1c2ccccc2C=CC1(O)O. The number of fused-ring (bicyclic) bond motifs is 2. The Kier molecular flexibility index (Phi) is 3.01. The highest BCUT2D eigenvalue weighted by molar-refractivity contribution is 5.89. The van der Waals surface area contributed by atoms with E-state index >= 15 is 0 Å². The van der Waals surface area contributed by atoms with Crippen molar-refractivity contribution in [3.63, 3.8) is 0 Å². The van der Waals surface area contributed by atoms with Crippen molar-refractivity contribution >= 4 is 16.8 Å². The average molecular weight is 304 g/mol. The second-order valence-electron chi connectivity index (χ2n) is 5.90. The highest BCUT2D eigenvalue weighted by atomic mass is 16.5. The molecule has 23 heavy (non-hydrogen) atoms. The number of aromatic hydroxyl groups is 1. The number of phenolic OH excluding ortho intramolecular Hbond substituents is 1. The number of phenols is 1. The molecule has 0 aromatic heterocycles. The summed E-state index contributed by atoms with van der Waals surface area (Å²) in [7, 11) is 0. The minimum atomic E-state index is -2.06. The van der Waals surface area contributed by atoms with E-state index in [1.165, 1.54) is 6.08 Å². The van der Waals surface area contributed by atoms with Crippen molar-refractivity contribution in [2.24, 2.45) is 0 Å². The highest BCUT2D eigenvalue weighted by Crippen LogP contribution is 2.46. The Hall–Kier alpha value is -2.62. The van der Waals surface area contributed by atoms with E-state index in [4.69, 9.17) is 0 Å². The third kappa shape index (κ3) is 2.13. The summed E-state index contributed by atoms with van der Waals surface area (Å²) in [6.07, 6.45) is 3.08. The second-order valence-corrected chi connectivity index (χ2v) is 5.90. The number of hydrogen-bond acceptors (Lipinski definition) is 3. The van der Waals surface area contributed by atoms with Crippen LogP contribution in [-0.4, -0.2) is 21.1 Å². The minimum absolute atomic E-state index is 0.0614. The first-order valence-corrected chi connectivity index (χ1v) is 7.51. The van der Waals surface area contributed by atoms with E-state index in [0.717, 1.165) is 21.9 Å². The first kappa shape index (κ1) is 14.0. The van der Waals surface area contributed by atoms with Gasteiger partial charge in [0.1, 0.15) is 5.75 Å². The molecule has 0 amide bonds. The summed E-state index contributed by atoms with van der Waals surface area (Å²) >= 11 is 0. The van der Waals surface area contributed by atoms with E-state index in [-0.39, 0.29) is 5.75 Å². The van der Waals surface area contributed by atoms with Crippen LogP contribution in [0.2, 0.25) is 0 Å². The molecule has 3 aromatic rings. The Morgan fingerprint density at radius 2 is 1.57 bits per heavy atom. The van der Waals surface area contributed by atoms with Crippen LogP contribution in [0.25, 0.3) is 16.8 Å². The van der Waals surface area contributed by atoms with Gasteiger partial charge in [0.15, 0.2) is 5.79 Å². The summed E-state index contributed by atoms with van der Waals surface area (Å²) in [5.41, 5.74) is 2.24. The molecule has 114 valence electrons. The van der Waals surface area contributed by atoms with Gasteiger partial charge in [-0.15, -0.1) is 0 Å². The van der Waals surface area contributed by atoms with Crippen LogP contribution in [0.1, 0.15) is 22.6 Å². The maximum absolute atomic E-state index is 10.6. The van der Waals surface area contributed by atoms with Gasteiger partial charge in [-0.3, -0.25) is 0 Å². The Balaban J connectivity index is 2.07. The summed E-state index contributed by atoms with van der Waals surface area (Å²) in [6, 6.07) is 18.6. The predicted molar refractivity (Wildman–Crippen MR) is 90.1 cm³/mol. The molecule has 0 radical (unpaired) electrons. The van der Waals surface area contributed by atoms with Crippen molar-refractivity contribution in [3.05, 3.63) is 83.4 Å². The molecule has 3 aromatic carbocycles. The number of aliphatic hydroxyl groups is 2. The summed E-state index contributed by atoms with van der Waals surface area (Å²) in [5.74, 6) is -2.75. The van der Waals surface area contributed by atoms with Crippen molar-refractivity contribution in [2.45, 2.75) is 11.7 Å². The maximum atomic E-state index is 10.6. The van der Waals surface area contributed by atoms with Crippen LogP contribution in [0.4, 0.5) is 0 Å². The molecule has 4 rings (SSSR count). The Morgan fingerprint density at radius 3 is 2.43 bits per heavy atom. The standard InChI is InChI=1S/C20H16O3/c21-17-10-9-13-5-1-3-7-15(13)18(17)19-16-8-4-2-6-14(16)11-12-20(19,22)23/h1-12,19,21-23H. The van der Waals surface area contributed by atoms with Crippen molar-refractivity contribution in [3.8, 4) is 5.75 Å². The summed E-state index contributed by atoms with van der Waals surface area (Å²) in [4.78, 5) is 0. The van der Waals surface area contributed by atoms with Gasteiger partial charge >= 0.3 is 0 Å². The van der Waals surface area contributed by atoms with Gasteiger partial charge in [0, 0.05) is 5.56 Å². The summed E-state index contributed by atoms with van der Waals surface area (Å²) in [6.45, 7) is 0. The molecule has 1 aliphatic carbocycles. The van der Waals surface area contributed by atoms with E-state index < -0.39 is 11.7 Å². The largest absolute Gasteiger partial charge is 0.508 e. The van der Waals surface area contributed by atoms with Gasteiger partial charge in [-0.2, -0.15) is 0 Å². The van der Waals surface area contributed by atoms with E-state index in [1.54, 1.807) is 12.1 Å². The highest BCUT2D eigenvalue weighted by Gasteiger charge is 2.40. The lowest BCUT2D eigenvalue weighted by Gasteiger charge is -2.34. The molecule has 1 atom stereocenters. The molecular weight excluding hydrogens is 288 g/mol. The van der Waals surface area contributed by atoms with Gasteiger partial charge in [-0.25, -0.2) is 0 Å². The van der Waals surface area contributed by atoms with Gasteiger partial charge in [0.05, 0.1) is 5.92 Å². The van der Waals surface area contributed by atoms with Crippen LogP contribution in [0, 0.1) is 0 Å². The molecule has 0 aliphatic heterocycles. The monoisotopic (exact) mass is 304 g/mol. The molecular formula is C20H16O3. The topological polar surface area (TPSA) is 60.7 Å². The zero-order chi connectivity index (χ0) is 16.0. The lowest BCUT2D eigenvalue weighted by molar-refractivity contribution is -0.129. The summed E-state index contributed by atoms with van der Waals surface area (Å²) < 4.78 is 0. The molecule has 3 N–H and O–H groups in total. The van der Waals surface area contributed by atoms with Gasteiger partial charge in [-0.1, -0.05) is 60.7 Å². The smallest absolute Gasteiger partial charge is 0.194 e. The van der Waals surface area contributed by atoms with Crippen molar-refractivity contribution < 1.29 is 15.3 Å². The van der Waals surface area contributed by atoms with E-state index in [2.05, 4.69) is 0 Å². The summed E-state index contributed by atoms with van der Waals surface area (Å²) in [5, 5.41) is 33.4. The Morgan fingerprint density at radius 1 is 0.826 bits per heavy atom. The first-order chi connectivity index (χ1) is 11.1. The fraction of sp³-hybridized carbons (Fsp3) is 0.100. The van der Waals surface area contributed by atoms with E-state index in [1.807, 2.05) is 54.6 Å². The number of benzene rings is 3. The second kappa shape index (κ2) is 4.95. The predicted octanol–water partition coefficient (Wildman–Crippen LogP) is 3.39. The van der Waals surface area contributed by atoms with Crippen molar-refractivity contribution in [2.75, 3.05) is 0 Å². The van der Waals surface area contributed by atoms with E-state index in [0.29, 0.717) is 5.56 Å². The fourth-order valence-corrected chi connectivity index (χ4v) is 3.42. The fourth-order valence-electron chi connectivity index (χ4n) is 3.42.